The van der Waals surface area contributed by atoms with Gasteiger partial charge in [0, 0.05) is 10.9 Å². The van der Waals surface area contributed by atoms with Gasteiger partial charge in [-0.2, -0.15) is 0 Å². The summed E-state index contributed by atoms with van der Waals surface area (Å²) in [6.07, 6.45) is 0. The smallest absolute Gasteiger partial charge is 0.343 e. The molecule has 0 saturated carbocycles. The molecule has 116 valence electrons. The maximum absolute atomic E-state index is 11.4. The molecule has 0 aliphatic heterocycles. The largest absolute Gasteiger partial charge is 0.506 e. The number of rotatable bonds is 2. The quantitative estimate of drug-likeness (QED) is 0.464. The fourth-order valence-corrected chi connectivity index (χ4v) is 2.58. The molecule has 0 bridgehead atoms. The van der Waals surface area contributed by atoms with Crippen LogP contribution in [-0.2, 0) is 0 Å². The van der Waals surface area contributed by atoms with Crippen molar-refractivity contribution in [1.29, 1.82) is 0 Å². The van der Waals surface area contributed by atoms with E-state index >= 15 is 0 Å². The van der Waals surface area contributed by atoms with E-state index in [1.807, 2.05) is 0 Å². The molecule has 0 spiro atoms. The third-order valence-electron chi connectivity index (χ3n) is 3.64. The van der Waals surface area contributed by atoms with Gasteiger partial charge in [0.05, 0.1) is 0 Å². The second kappa shape index (κ2) is 5.10. The number of phenols is 4. The van der Waals surface area contributed by atoms with Crippen LogP contribution in [0.4, 0.5) is 0 Å². The number of hydrogen-bond donors (Lipinski definition) is 5. The van der Waals surface area contributed by atoms with Crippen LogP contribution >= 0.6 is 0 Å². The van der Waals surface area contributed by atoms with Gasteiger partial charge in [-0.05, 0) is 23.1 Å². The normalized spacial score (nSPS) is 10.8. The van der Waals surface area contributed by atoms with E-state index in [1.54, 1.807) is 18.2 Å². The predicted molar refractivity (Wildman–Crippen MR) is 83.0 cm³/mol. The van der Waals surface area contributed by atoms with Crippen LogP contribution in [0, 0.1) is 0 Å². The highest BCUT2D eigenvalue weighted by Crippen LogP contribution is 2.46. The van der Waals surface area contributed by atoms with Crippen LogP contribution in [-0.4, -0.2) is 31.5 Å². The Bertz CT molecular complexity index is 945. The molecule has 0 radical (unpaired) electrons. The number of aromatic carboxylic acids is 1. The first-order chi connectivity index (χ1) is 10.9. The number of hydrogen-bond acceptors (Lipinski definition) is 5. The Labute approximate surface area is 130 Å². The second-order valence-electron chi connectivity index (χ2n) is 5.00. The highest BCUT2D eigenvalue weighted by atomic mass is 16.4. The van der Waals surface area contributed by atoms with Crippen LogP contribution in [0.1, 0.15) is 10.4 Å². The summed E-state index contributed by atoms with van der Waals surface area (Å²) < 4.78 is 0. The van der Waals surface area contributed by atoms with Gasteiger partial charge in [0.1, 0.15) is 17.1 Å². The second-order valence-corrected chi connectivity index (χ2v) is 5.00. The first-order valence-electron chi connectivity index (χ1n) is 6.64. The molecule has 0 heterocycles. The molecule has 3 aromatic rings. The number of carboxylic acid groups (broad SMARTS) is 1. The number of benzene rings is 3. The number of carbonyl (C=O) groups is 1. The summed E-state index contributed by atoms with van der Waals surface area (Å²) in [7, 11) is 0. The highest BCUT2D eigenvalue weighted by molar-refractivity contribution is 6.11. The van der Waals surface area contributed by atoms with Crippen LogP contribution in [0.3, 0.4) is 0 Å². The van der Waals surface area contributed by atoms with Crippen molar-refractivity contribution < 1.29 is 30.3 Å². The molecular weight excluding hydrogens is 300 g/mol. The fraction of sp³-hybridized carbons (Fsp3) is 0. The van der Waals surface area contributed by atoms with Crippen molar-refractivity contribution in [2.24, 2.45) is 0 Å². The van der Waals surface area contributed by atoms with Gasteiger partial charge in [0.2, 0.25) is 0 Å². The zero-order valence-electron chi connectivity index (χ0n) is 11.7. The molecule has 0 unspecified atom stereocenters. The zero-order valence-corrected chi connectivity index (χ0v) is 11.7. The molecule has 0 atom stereocenters. The average Bonchev–Trinajstić information content (AvgIpc) is 2.50. The van der Waals surface area contributed by atoms with Gasteiger partial charge in [-0.25, -0.2) is 4.79 Å². The first kappa shape index (κ1) is 14.5. The summed E-state index contributed by atoms with van der Waals surface area (Å²) in [6.45, 7) is 0. The predicted octanol–water partition coefficient (Wildman–Crippen LogP) is 3.03. The van der Waals surface area contributed by atoms with Crippen LogP contribution in [0.25, 0.3) is 21.9 Å². The van der Waals surface area contributed by atoms with Crippen molar-refractivity contribution in [3.05, 3.63) is 48.0 Å². The van der Waals surface area contributed by atoms with Gasteiger partial charge in [-0.3, -0.25) is 0 Å². The molecule has 6 nitrogen and oxygen atoms in total. The summed E-state index contributed by atoms with van der Waals surface area (Å²) >= 11 is 0. The van der Waals surface area contributed by atoms with E-state index in [0.29, 0.717) is 10.9 Å². The van der Waals surface area contributed by atoms with Crippen molar-refractivity contribution >= 4 is 16.7 Å². The van der Waals surface area contributed by atoms with Gasteiger partial charge >= 0.3 is 5.97 Å². The molecule has 5 N–H and O–H groups in total. The lowest BCUT2D eigenvalue weighted by Gasteiger charge is -2.14. The van der Waals surface area contributed by atoms with Crippen LogP contribution in [0.2, 0.25) is 0 Å². The third kappa shape index (κ3) is 2.17. The van der Waals surface area contributed by atoms with Gasteiger partial charge in [-0.15, -0.1) is 0 Å². The number of phenolic OH excluding ortho intramolecular Hbond substituents is 2. The molecule has 0 aliphatic rings. The molecule has 6 heteroatoms. The monoisotopic (exact) mass is 312 g/mol. The summed E-state index contributed by atoms with van der Waals surface area (Å²) in [5.74, 6) is -3.36. The summed E-state index contributed by atoms with van der Waals surface area (Å²) in [6, 6.07) is 10.3. The van der Waals surface area contributed by atoms with Crippen molar-refractivity contribution in [3.63, 3.8) is 0 Å². The molecule has 0 amide bonds. The van der Waals surface area contributed by atoms with Crippen LogP contribution in [0.5, 0.6) is 23.0 Å². The van der Waals surface area contributed by atoms with Crippen LogP contribution in [0.15, 0.2) is 42.5 Å². The highest BCUT2D eigenvalue weighted by Gasteiger charge is 2.24. The standard InChI is InChI=1S/C17H12O6/c18-11-6-5-8(7-12(11)19)13-9-3-1-2-4-10(9)15(20)14(16(13)21)17(22)23/h1-7,18-21H,(H,22,23). The van der Waals surface area contributed by atoms with E-state index in [9.17, 15) is 30.3 Å². The Kier molecular flexibility index (Phi) is 3.22. The van der Waals surface area contributed by atoms with Crippen molar-refractivity contribution in [3.8, 4) is 34.1 Å². The topological polar surface area (TPSA) is 118 Å². The van der Waals surface area contributed by atoms with Gasteiger partial charge < -0.3 is 25.5 Å². The van der Waals surface area contributed by atoms with E-state index in [0.717, 1.165) is 0 Å². The van der Waals surface area contributed by atoms with Crippen molar-refractivity contribution in [1.82, 2.24) is 0 Å². The number of carboxylic acids is 1. The Morgan fingerprint density at radius 3 is 2.04 bits per heavy atom. The first-order valence-corrected chi connectivity index (χ1v) is 6.64. The molecule has 0 fully saturated rings. The van der Waals surface area contributed by atoms with Gasteiger partial charge in [0.15, 0.2) is 11.5 Å². The Balaban J connectivity index is 2.48. The maximum Gasteiger partial charge on any atom is 0.343 e. The average molecular weight is 312 g/mol. The minimum atomic E-state index is -1.48. The lowest BCUT2D eigenvalue weighted by Crippen LogP contribution is -2.00. The van der Waals surface area contributed by atoms with E-state index in [2.05, 4.69) is 0 Å². The number of fused-ring (bicyclic) bond motifs is 1. The van der Waals surface area contributed by atoms with E-state index in [4.69, 9.17) is 0 Å². The maximum atomic E-state index is 11.4. The van der Waals surface area contributed by atoms with Crippen molar-refractivity contribution in [2.75, 3.05) is 0 Å². The minimum absolute atomic E-state index is 0.145. The Morgan fingerprint density at radius 1 is 0.783 bits per heavy atom. The van der Waals surface area contributed by atoms with Gasteiger partial charge in [0.25, 0.3) is 0 Å². The lowest BCUT2D eigenvalue weighted by molar-refractivity contribution is 0.0691. The molecule has 23 heavy (non-hydrogen) atoms. The summed E-state index contributed by atoms with van der Waals surface area (Å²) in [5.41, 5.74) is -0.172. The molecule has 0 aromatic heterocycles. The molecule has 0 aliphatic carbocycles. The molecule has 3 aromatic carbocycles. The van der Waals surface area contributed by atoms with E-state index in [-0.39, 0.29) is 16.7 Å². The van der Waals surface area contributed by atoms with E-state index in [1.165, 1.54) is 24.3 Å². The lowest BCUT2D eigenvalue weighted by atomic mass is 9.93. The SMILES string of the molecule is O=C(O)c1c(O)c(-c2ccc(O)c(O)c2)c2ccccc2c1O. The van der Waals surface area contributed by atoms with E-state index < -0.39 is 28.8 Å². The molecule has 0 saturated heterocycles. The summed E-state index contributed by atoms with van der Waals surface area (Å²) in [4.78, 5) is 11.4. The third-order valence-corrected chi connectivity index (χ3v) is 3.64. The fourth-order valence-electron chi connectivity index (χ4n) is 2.58. The van der Waals surface area contributed by atoms with Gasteiger partial charge in [-0.1, -0.05) is 30.3 Å². The molecule has 3 rings (SSSR count). The summed E-state index contributed by atoms with van der Waals surface area (Å²) in [5, 5.41) is 49.5. The minimum Gasteiger partial charge on any atom is -0.506 e. The van der Waals surface area contributed by atoms with Crippen LogP contribution < -0.4 is 0 Å². The zero-order chi connectivity index (χ0) is 16.7. The molecular formula is C17H12O6. The van der Waals surface area contributed by atoms with Crippen molar-refractivity contribution in [2.45, 2.75) is 0 Å². The number of aromatic hydroxyl groups is 4. The Hall–Kier alpha value is -3.41. The Morgan fingerprint density at radius 2 is 1.43 bits per heavy atom.